The molecule has 0 aromatic heterocycles. The molecule has 2 atom stereocenters. The van der Waals surface area contributed by atoms with Gasteiger partial charge in [-0.1, -0.05) is 6.07 Å². The maximum Gasteiger partial charge on any atom is 0.167 e. The normalized spacial score (nSPS) is 27.1. The molecule has 1 saturated heterocycles. The lowest BCUT2D eigenvalue weighted by atomic mass is 9.92. The van der Waals surface area contributed by atoms with E-state index < -0.39 is 0 Å². The summed E-state index contributed by atoms with van der Waals surface area (Å²) in [6, 6.07) is 5.91. The maximum atomic E-state index is 12.7. The number of hydrogen-bond donors (Lipinski definition) is 1. The molecule has 2 unspecified atom stereocenters. The summed E-state index contributed by atoms with van der Waals surface area (Å²) < 4.78 is 10.8. The second-order valence-electron chi connectivity index (χ2n) is 7.28. The Bertz CT molecular complexity index is 681. The molecule has 0 bridgehead atoms. The van der Waals surface area contributed by atoms with Crippen LogP contribution >= 0.6 is 0 Å². The Labute approximate surface area is 142 Å². The first-order valence-corrected chi connectivity index (χ1v) is 8.89. The predicted molar refractivity (Wildman–Crippen MR) is 91.2 cm³/mol. The van der Waals surface area contributed by atoms with E-state index in [-0.39, 0.29) is 17.5 Å². The number of methoxy groups -OCH3 is 1. The van der Waals surface area contributed by atoms with Crippen molar-refractivity contribution in [2.45, 2.75) is 38.0 Å². The van der Waals surface area contributed by atoms with Crippen molar-refractivity contribution in [2.75, 3.05) is 20.3 Å². The molecule has 4 rings (SSSR count). The third kappa shape index (κ3) is 2.84. The summed E-state index contributed by atoms with van der Waals surface area (Å²) in [4.78, 5) is 12.7. The molecule has 4 nitrogen and oxygen atoms in total. The standard InChI is InChI=1S/C20H24O4/c1-23-15-4-5-16(13-2-3-13)17(10-15)19-18(21)9-14(20(19)22)8-12-6-7-24-11-12/h4-5,10,12-14,22H,2-3,6-9,11H2,1H3. The average molecular weight is 328 g/mol. The Balaban J connectivity index is 1.68. The van der Waals surface area contributed by atoms with E-state index in [2.05, 4.69) is 6.07 Å². The number of aliphatic hydroxyl groups excluding tert-OH is 1. The summed E-state index contributed by atoms with van der Waals surface area (Å²) in [6.07, 6.45) is 4.59. The molecular weight excluding hydrogens is 304 g/mol. The van der Waals surface area contributed by atoms with Gasteiger partial charge in [-0.25, -0.2) is 0 Å². The molecule has 1 aromatic carbocycles. The number of allylic oxidation sites excluding steroid dienone is 2. The summed E-state index contributed by atoms with van der Waals surface area (Å²) in [6.45, 7) is 1.55. The van der Waals surface area contributed by atoms with E-state index >= 15 is 0 Å². The molecule has 3 aliphatic rings. The number of benzene rings is 1. The molecule has 1 saturated carbocycles. The third-order valence-electron chi connectivity index (χ3n) is 5.54. The van der Waals surface area contributed by atoms with Gasteiger partial charge >= 0.3 is 0 Å². The van der Waals surface area contributed by atoms with Crippen LogP contribution in [-0.2, 0) is 9.53 Å². The molecule has 2 aliphatic carbocycles. The van der Waals surface area contributed by atoms with Gasteiger partial charge in [0.2, 0.25) is 0 Å². The Morgan fingerprint density at radius 2 is 2.12 bits per heavy atom. The van der Waals surface area contributed by atoms with Gasteiger partial charge in [0.15, 0.2) is 5.78 Å². The molecular formula is C20H24O4. The second kappa shape index (κ2) is 6.25. The van der Waals surface area contributed by atoms with Crippen LogP contribution in [0.2, 0.25) is 0 Å². The highest BCUT2D eigenvalue weighted by Crippen LogP contribution is 2.47. The molecule has 1 N–H and O–H groups in total. The molecule has 2 fully saturated rings. The quantitative estimate of drug-likeness (QED) is 0.892. The van der Waals surface area contributed by atoms with Crippen LogP contribution in [0.25, 0.3) is 5.57 Å². The molecule has 4 heteroatoms. The van der Waals surface area contributed by atoms with E-state index in [1.807, 2.05) is 12.1 Å². The minimum atomic E-state index is -0.0579. The summed E-state index contributed by atoms with van der Waals surface area (Å²) >= 11 is 0. The Morgan fingerprint density at radius 3 is 2.79 bits per heavy atom. The van der Waals surface area contributed by atoms with Gasteiger partial charge in [-0.2, -0.15) is 0 Å². The predicted octanol–water partition coefficient (Wildman–Crippen LogP) is 3.86. The zero-order valence-electron chi connectivity index (χ0n) is 14.1. The van der Waals surface area contributed by atoms with E-state index in [4.69, 9.17) is 9.47 Å². The first kappa shape index (κ1) is 15.7. The van der Waals surface area contributed by atoms with Crippen molar-refractivity contribution in [3.05, 3.63) is 35.1 Å². The van der Waals surface area contributed by atoms with Crippen LogP contribution in [0.3, 0.4) is 0 Å². The Kier molecular flexibility index (Phi) is 4.09. The van der Waals surface area contributed by atoms with Gasteiger partial charge in [0.25, 0.3) is 0 Å². The van der Waals surface area contributed by atoms with E-state index in [0.29, 0.717) is 23.8 Å². The second-order valence-corrected chi connectivity index (χ2v) is 7.28. The molecule has 24 heavy (non-hydrogen) atoms. The minimum absolute atomic E-state index is 0.0579. The van der Waals surface area contributed by atoms with Crippen molar-refractivity contribution < 1.29 is 19.4 Å². The van der Waals surface area contributed by atoms with Crippen LogP contribution in [0.4, 0.5) is 0 Å². The van der Waals surface area contributed by atoms with Gasteiger partial charge in [0, 0.05) is 25.6 Å². The highest BCUT2D eigenvalue weighted by atomic mass is 16.5. The van der Waals surface area contributed by atoms with Crippen LogP contribution in [-0.4, -0.2) is 31.2 Å². The van der Waals surface area contributed by atoms with E-state index in [1.165, 1.54) is 5.56 Å². The van der Waals surface area contributed by atoms with Gasteiger partial charge in [-0.3, -0.25) is 4.79 Å². The third-order valence-corrected chi connectivity index (χ3v) is 5.54. The first-order chi connectivity index (χ1) is 11.7. The van der Waals surface area contributed by atoms with Crippen molar-refractivity contribution in [3.8, 4) is 5.75 Å². The van der Waals surface area contributed by atoms with Crippen LogP contribution in [0.15, 0.2) is 24.0 Å². The van der Waals surface area contributed by atoms with Crippen molar-refractivity contribution in [1.29, 1.82) is 0 Å². The van der Waals surface area contributed by atoms with Gasteiger partial charge in [0.1, 0.15) is 11.5 Å². The van der Waals surface area contributed by atoms with Crippen LogP contribution < -0.4 is 4.74 Å². The molecule has 1 aromatic rings. The number of hydrogen-bond acceptors (Lipinski definition) is 4. The molecule has 1 heterocycles. The molecule has 0 spiro atoms. The van der Waals surface area contributed by atoms with Gasteiger partial charge in [0.05, 0.1) is 12.7 Å². The Morgan fingerprint density at radius 1 is 1.29 bits per heavy atom. The lowest BCUT2D eigenvalue weighted by Gasteiger charge is -2.14. The van der Waals surface area contributed by atoms with Crippen molar-refractivity contribution in [2.24, 2.45) is 11.8 Å². The largest absolute Gasteiger partial charge is 0.511 e. The average Bonchev–Trinajstić information content (AvgIpc) is 3.23. The summed E-state index contributed by atoms with van der Waals surface area (Å²) in [5.74, 6) is 1.99. The SMILES string of the molecule is COc1ccc(C2CC2)c(C2=C(O)C(CC3CCOC3)CC2=O)c1. The van der Waals surface area contributed by atoms with Crippen molar-refractivity contribution in [1.82, 2.24) is 0 Å². The van der Waals surface area contributed by atoms with Crippen molar-refractivity contribution in [3.63, 3.8) is 0 Å². The molecule has 0 radical (unpaired) electrons. The first-order valence-electron chi connectivity index (χ1n) is 8.89. The molecule has 1 aliphatic heterocycles. The topological polar surface area (TPSA) is 55.8 Å². The fourth-order valence-electron chi connectivity index (χ4n) is 4.05. The Hall–Kier alpha value is -1.81. The van der Waals surface area contributed by atoms with Crippen LogP contribution in [0.1, 0.15) is 49.1 Å². The number of ether oxygens (including phenoxy) is 2. The van der Waals surface area contributed by atoms with E-state index in [1.54, 1.807) is 7.11 Å². The summed E-state index contributed by atoms with van der Waals surface area (Å²) in [5.41, 5.74) is 2.58. The summed E-state index contributed by atoms with van der Waals surface area (Å²) in [7, 11) is 1.63. The lowest BCUT2D eigenvalue weighted by molar-refractivity contribution is -0.113. The number of ketones is 1. The number of carbonyl (C=O) groups excluding carboxylic acids is 1. The highest BCUT2D eigenvalue weighted by Gasteiger charge is 2.38. The van der Waals surface area contributed by atoms with Crippen LogP contribution in [0, 0.1) is 11.8 Å². The fourth-order valence-corrected chi connectivity index (χ4v) is 4.05. The maximum absolute atomic E-state index is 12.7. The number of aliphatic hydroxyl groups is 1. The van der Waals surface area contributed by atoms with Crippen LogP contribution in [0.5, 0.6) is 5.75 Å². The smallest absolute Gasteiger partial charge is 0.167 e. The van der Waals surface area contributed by atoms with Gasteiger partial charge < -0.3 is 14.6 Å². The zero-order chi connectivity index (χ0) is 16.7. The molecule has 128 valence electrons. The highest BCUT2D eigenvalue weighted by molar-refractivity contribution is 6.24. The monoisotopic (exact) mass is 328 g/mol. The van der Waals surface area contributed by atoms with E-state index in [9.17, 15) is 9.90 Å². The lowest BCUT2D eigenvalue weighted by Crippen LogP contribution is -2.09. The van der Waals surface area contributed by atoms with Gasteiger partial charge in [-0.05, 0) is 60.8 Å². The number of rotatable bonds is 5. The zero-order valence-corrected chi connectivity index (χ0v) is 14.1. The number of Topliss-reactive ketones (excluding diaryl/α,β-unsaturated/α-hetero) is 1. The van der Waals surface area contributed by atoms with Gasteiger partial charge in [-0.15, -0.1) is 0 Å². The fraction of sp³-hybridized carbons (Fsp3) is 0.550. The number of carbonyl (C=O) groups is 1. The van der Waals surface area contributed by atoms with E-state index in [0.717, 1.165) is 50.2 Å². The molecule has 0 amide bonds. The van der Waals surface area contributed by atoms with Crippen molar-refractivity contribution >= 4 is 11.4 Å². The minimum Gasteiger partial charge on any atom is -0.511 e. The summed E-state index contributed by atoms with van der Waals surface area (Å²) in [5, 5.41) is 10.8.